The highest BCUT2D eigenvalue weighted by Crippen LogP contribution is 2.22. The van der Waals surface area contributed by atoms with E-state index >= 15 is 0 Å². The molecule has 3 rings (SSSR count). The van der Waals surface area contributed by atoms with Gasteiger partial charge in [-0.2, -0.15) is 0 Å². The number of aromatic nitrogens is 1. The van der Waals surface area contributed by atoms with Crippen molar-refractivity contribution in [2.45, 2.75) is 18.9 Å². The van der Waals surface area contributed by atoms with Gasteiger partial charge in [-0.05, 0) is 43.2 Å². The number of nitrogens with zero attached hydrogens (tertiary/aromatic N) is 2. The number of ether oxygens (including phenoxy) is 1. The van der Waals surface area contributed by atoms with Crippen molar-refractivity contribution in [3.05, 3.63) is 52.6 Å². The molecule has 0 saturated carbocycles. The third-order valence-corrected chi connectivity index (χ3v) is 4.29. The van der Waals surface area contributed by atoms with Crippen LogP contribution in [-0.4, -0.2) is 34.9 Å². The molecule has 0 radical (unpaired) electrons. The van der Waals surface area contributed by atoms with Gasteiger partial charge in [0.2, 0.25) is 5.88 Å². The van der Waals surface area contributed by atoms with Crippen LogP contribution in [-0.2, 0) is 0 Å². The number of rotatable bonds is 3. The molecule has 1 aromatic heterocycles. The Morgan fingerprint density at radius 2 is 2.04 bits per heavy atom. The molecule has 2 heterocycles. The quantitative estimate of drug-likeness (QED) is 0.893. The summed E-state index contributed by atoms with van der Waals surface area (Å²) in [5, 5.41) is 0. The van der Waals surface area contributed by atoms with Crippen molar-refractivity contribution in [2.75, 3.05) is 13.1 Å². The average molecular weight is 376 g/mol. The minimum atomic E-state index is -0.0251. The van der Waals surface area contributed by atoms with Crippen LogP contribution in [0.3, 0.4) is 0 Å². The van der Waals surface area contributed by atoms with Crippen LogP contribution in [0.2, 0.25) is 0 Å². The molecule has 2 aromatic rings. The molecule has 1 aromatic carbocycles. The third-order valence-electron chi connectivity index (χ3n) is 3.76. The molecule has 1 aliphatic rings. The Labute approximate surface area is 143 Å². The smallest absolute Gasteiger partial charge is 0.255 e. The number of halogens is 1. The molecule has 0 aliphatic carbocycles. The maximum absolute atomic E-state index is 12.4. The second-order valence-electron chi connectivity index (χ2n) is 5.59. The van der Waals surface area contributed by atoms with Crippen LogP contribution in [0.1, 0.15) is 23.2 Å². The Kier molecular flexibility index (Phi) is 4.93. The van der Waals surface area contributed by atoms with Gasteiger partial charge in [-0.1, -0.05) is 15.9 Å². The minimum absolute atomic E-state index is 0.0251. The van der Waals surface area contributed by atoms with E-state index in [2.05, 4.69) is 20.9 Å². The van der Waals surface area contributed by atoms with E-state index in [0.717, 1.165) is 23.9 Å². The number of carbonyl (C=O) groups excluding carboxylic acids is 1. The van der Waals surface area contributed by atoms with Crippen LogP contribution < -0.4 is 10.5 Å². The van der Waals surface area contributed by atoms with Gasteiger partial charge in [0, 0.05) is 35.9 Å². The van der Waals surface area contributed by atoms with Crippen molar-refractivity contribution in [1.82, 2.24) is 9.88 Å². The lowest BCUT2D eigenvalue weighted by Gasteiger charge is -2.30. The van der Waals surface area contributed by atoms with Crippen LogP contribution >= 0.6 is 15.9 Å². The summed E-state index contributed by atoms with van der Waals surface area (Å²) in [6, 6.07) is 11.0. The maximum atomic E-state index is 12.4. The largest absolute Gasteiger partial charge is 0.439 e. The lowest BCUT2D eigenvalue weighted by molar-refractivity contribution is 0.0708. The summed E-state index contributed by atoms with van der Waals surface area (Å²) >= 11 is 3.38. The summed E-state index contributed by atoms with van der Waals surface area (Å²) in [7, 11) is 0. The van der Waals surface area contributed by atoms with Crippen molar-refractivity contribution in [2.24, 2.45) is 5.73 Å². The number of piperidine rings is 1. The zero-order valence-corrected chi connectivity index (χ0v) is 14.2. The zero-order chi connectivity index (χ0) is 16.2. The van der Waals surface area contributed by atoms with E-state index in [1.807, 2.05) is 24.3 Å². The highest BCUT2D eigenvalue weighted by Gasteiger charge is 2.22. The maximum Gasteiger partial charge on any atom is 0.255 e. The SMILES string of the molecule is N[C@H]1CCCN(C(=O)c2ccc(Oc3ccc(Br)cc3)nc2)C1. The van der Waals surface area contributed by atoms with Gasteiger partial charge < -0.3 is 15.4 Å². The molecule has 2 N–H and O–H groups in total. The summed E-state index contributed by atoms with van der Waals surface area (Å²) in [5.41, 5.74) is 6.49. The summed E-state index contributed by atoms with van der Waals surface area (Å²) in [4.78, 5) is 18.4. The Bertz CT molecular complexity index is 673. The first-order valence-corrected chi connectivity index (χ1v) is 8.35. The molecule has 0 bridgehead atoms. The minimum Gasteiger partial charge on any atom is -0.439 e. The summed E-state index contributed by atoms with van der Waals surface area (Å²) in [6.07, 6.45) is 3.48. The number of benzene rings is 1. The highest BCUT2D eigenvalue weighted by atomic mass is 79.9. The molecule has 0 spiro atoms. The van der Waals surface area contributed by atoms with Crippen LogP contribution in [0.15, 0.2) is 47.1 Å². The molecule has 1 atom stereocenters. The van der Waals surface area contributed by atoms with Crippen molar-refractivity contribution in [1.29, 1.82) is 0 Å². The van der Waals surface area contributed by atoms with Crippen LogP contribution in [0, 0.1) is 0 Å². The third kappa shape index (κ3) is 4.09. The number of likely N-dealkylation sites (tertiary alicyclic amines) is 1. The van der Waals surface area contributed by atoms with Gasteiger partial charge in [0.05, 0.1) is 5.56 Å². The number of hydrogen-bond acceptors (Lipinski definition) is 4. The van der Waals surface area contributed by atoms with Crippen molar-refractivity contribution in [3.63, 3.8) is 0 Å². The van der Waals surface area contributed by atoms with Crippen LogP contribution in [0.25, 0.3) is 0 Å². The Morgan fingerprint density at radius 3 is 2.70 bits per heavy atom. The number of carbonyl (C=O) groups is 1. The normalized spacial score (nSPS) is 17.8. The van der Waals surface area contributed by atoms with Crippen molar-refractivity contribution < 1.29 is 9.53 Å². The molecule has 1 fully saturated rings. The number of amides is 1. The van der Waals surface area contributed by atoms with Gasteiger partial charge in [-0.15, -0.1) is 0 Å². The predicted octanol–water partition coefficient (Wildman–Crippen LogP) is 3.20. The van der Waals surface area contributed by atoms with Gasteiger partial charge >= 0.3 is 0 Å². The second kappa shape index (κ2) is 7.10. The molecule has 1 aliphatic heterocycles. The first kappa shape index (κ1) is 16.0. The average Bonchev–Trinajstić information content (AvgIpc) is 2.57. The van der Waals surface area contributed by atoms with Crippen LogP contribution in [0.5, 0.6) is 11.6 Å². The fraction of sp³-hybridized carbons (Fsp3) is 0.294. The van der Waals surface area contributed by atoms with Crippen molar-refractivity contribution in [3.8, 4) is 11.6 Å². The van der Waals surface area contributed by atoms with E-state index in [9.17, 15) is 4.79 Å². The predicted molar refractivity (Wildman–Crippen MR) is 91.6 cm³/mol. The number of pyridine rings is 1. The molecule has 1 amide bonds. The lowest BCUT2D eigenvalue weighted by atomic mass is 10.1. The highest BCUT2D eigenvalue weighted by molar-refractivity contribution is 9.10. The fourth-order valence-corrected chi connectivity index (χ4v) is 2.83. The van der Waals surface area contributed by atoms with E-state index in [0.29, 0.717) is 23.7 Å². The Morgan fingerprint density at radius 1 is 1.26 bits per heavy atom. The molecular weight excluding hydrogens is 358 g/mol. The van der Waals surface area contributed by atoms with E-state index in [1.165, 1.54) is 0 Å². The van der Waals surface area contributed by atoms with E-state index < -0.39 is 0 Å². The molecular formula is C17H18BrN3O2. The van der Waals surface area contributed by atoms with Gasteiger partial charge in [-0.3, -0.25) is 4.79 Å². The topological polar surface area (TPSA) is 68.5 Å². The molecule has 1 saturated heterocycles. The molecule has 5 nitrogen and oxygen atoms in total. The van der Waals surface area contributed by atoms with Gasteiger partial charge in [0.1, 0.15) is 5.75 Å². The van der Waals surface area contributed by atoms with Crippen LogP contribution in [0.4, 0.5) is 0 Å². The van der Waals surface area contributed by atoms with Gasteiger partial charge in [0.25, 0.3) is 5.91 Å². The molecule has 23 heavy (non-hydrogen) atoms. The summed E-state index contributed by atoms with van der Waals surface area (Å²) in [5.74, 6) is 1.13. The fourth-order valence-electron chi connectivity index (χ4n) is 2.57. The van der Waals surface area contributed by atoms with E-state index in [-0.39, 0.29) is 11.9 Å². The molecule has 120 valence electrons. The lowest BCUT2D eigenvalue weighted by Crippen LogP contribution is -2.45. The first-order valence-electron chi connectivity index (χ1n) is 7.56. The van der Waals surface area contributed by atoms with Crippen molar-refractivity contribution >= 4 is 21.8 Å². The standard InChI is InChI=1S/C17H18BrN3O2/c18-13-4-6-15(7-5-13)23-16-8-3-12(10-20-16)17(22)21-9-1-2-14(19)11-21/h3-8,10,14H,1-2,9,11,19H2/t14-/m0/s1. The number of nitrogens with two attached hydrogens (primary N) is 1. The Hall–Kier alpha value is -1.92. The van der Waals surface area contributed by atoms with E-state index in [1.54, 1.807) is 23.2 Å². The summed E-state index contributed by atoms with van der Waals surface area (Å²) < 4.78 is 6.64. The molecule has 6 heteroatoms. The zero-order valence-electron chi connectivity index (χ0n) is 12.6. The van der Waals surface area contributed by atoms with Gasteiger partial charge in [0.15, 0.2) is 0 Å². The molecule has 0 unspecified atom stereocenters. The monoisotopic (exact) mass is 375 g/mol. The summed E-state index contributed by atoms with van der Waals surface area (Å²) in [6.45, 7) is 1.36. The first-order chi connectivity index (χ1) is 11.1. The van der Waals surface area contributed by atoms with E-state index in [4.69, 9.17) is 10.5 Å². The van der Waals surface area contributed by atoms with Gasteiger partial charge in [-0.25, -0.2) is 4.98 Å². The Balaban J connectivity index is 1.66. The second-order valence-corrected chi connectivity index (χ2v) is 6.51. The number of hydrogen-bond donors (Lipinski definition) is 1.